The van der Waals surface area contributed by atoms with E-state index in [0.29, 0.717) is 16.9 Å². The first-order valence-corrected chi connectivity index (χ1v) is 11.2. The van der Waals surface area contributed by atoms with Crippen LogP contribution in [0, 0.1) is 12.7 Å². The number of nitrogens with two attached hydrogens (primary N) is 1. The number of carbonyl (C=O) groups is 1. The van der Waals surface area contributed by atoms with Gasteiger partial charge >= 0.3 is 5.97 Å². The molecule has 0 radical (unpaired) electrons. The van der Waals surface area contributed by atoms with Gasteiger partial charge in [0.1, 0.15) is 12.4 Å². The normalized spacial score (nSPS) is 11.4. The molecule has 0 atom stereocenters. The van der Waals surface area contributed by atoms with Gasteiger partial charge < -0.3 is 20.1 Å². The Morgan fingerprint density at radius 2 is 1.97 bits per heavy atom. The molecule has 0 unspecified atom stereocenters. The van der Waals surface area contributed by atoms with Crippen LogP contribution in [0.15, 0.2) is 54.9 Å². The minimum Gasteiger partial charge on any atom is -0.489 e. The zero-order valence-electron chi connectivity index (χ0n) is 19.5. The van der Waals surface area contributed by atoms with Crippen LogP contribution >= 0.6 is 0 Å². The monoisotopic (exact) mass is 461 g/mol. The molecule has 34 heavy (non-hydrogen) atoms. The Balaban J connectivity index is 1.80. The first-order valence-electron chi connectivity index (χ1n) is 11.2. The molecule has 2 aromatic carbocycles. The van der Waals surface area contributed by atoms with E-state index in [1.807, 2.05) is 43.5 Å². The summed E-state index contributed by atoms with van der Waals surface area (Å²) in [6.07, 6.45) is 3.44. The van der Waals surface area contributed by atoms with Crippen molar-refractivity contribution in [3.63, 3.8) is 0 Å². The molecule has 7 heteroatoms. The lowest BCUT2D eigenvalue weighted by atomic mass is 9.98. The molecule has 0 saturated carbocycles. The number of carboxylic acids is 1. The molecular formula is C27H28FN3O3. The van der Waals surface area contributed by atoms with Gasteiger partial charge in [-0.1, -0.05) is 12.1 Å². The van der Waals surface area contributed by atoms with Crippen LogP contribution in [0.25, 0.3) is 22.0 Å². The van der Waals surface area contributed by atoms with Crippen molar-refractivity contribution in [3.8, 4) is 16.9 Å². The Morgan fingerprint density at radius 3 is 2.68 bits per heavy atom. The van der Waals surface area contributed by atoms with Crippen molar-refractivity contribution in [2.75, 3.05) is 0 Å². The second kappa shape index (κ2) is 9.65. The van der Waals surface area contributed by atoms with Crippen molar-refractivity contribution in [2.45, 2.75) is 46.4 Å². The molecule has 4 aromatic rings. The highest BCUT2D eigenvalue weighted by atomic mass is 19.1. The summed E-state index contributed by atoms with van der Waals surface area (Å²) in [6.45, 7) is 6.33. The molecule has 0 aliphatic carbocycles. The van der Waals surface area contributed by atoms with Gasteiger partial charge in [0.05, 0.1) is 12.1 Å². The molecule has 0 amide bonds. The van der Waals surface area contributed by atoms with Crippen LogP contribution < -0.4 is 10.5 Å². The van der Waals surface area contributed by atoms with Gasteiger partial charge in [0.25, 0.3) is 0 Å². The number of benzene rings is 2. The number of aryl methyl sites for hydroxylation is 1. The van der Waals surface area contributed by atoms with Gasteiger partial charge in [0.2, 0.25) is 0 Å². The van der Waals surface area contributed by atoms with E-state index in [4.69, 9.17) is 10.5 Å². The molecule has 4 rings (SSSR count). The topological polar surface area (TPSA) is 90.4 Å². The van der Waals surface area contributed by atoms with Crippen LogP contribution in [0.3, 0.4) is 0 Å². The van der Waals surface area contributed by atoms with E-state index in [1.165, 1.54) is 0 Å². The molecule has 176 valence electrons. The number of aliphatic carboxylic acids is 1. The molecule has 2 heterocycles. The second-order valence-electron chi connectivity index (χ2n) is 8.69. The van der Waals surface area contributed by atoms with E-state index in [-0.39, 0.29) is 31.3 Å². The Labute approximate surface area is 197 Å². The van der Waals surface area contributed by atoms with Crippen molar-refractivity contribution in [1.29, 1.82) is 0 Å². The first kappa shape index (κ1) is 23.4. The number of halogens is 1. The highest BCUT2D eigenvalue weighted by Crippen LogP contribution is 2.35. The minimum atomic E-state index is -0.920. The smallest absolute Gasteiger partial charge is 0.307 e. The van der Waals surface area contributed by atoms with E-state index < -0.39 is 11.8 Å². The first-order chi connectivity index (χ1) is 16.3. The van der Waals surface area contributed by atoms with Gasteiger partial charge in [-0.25, -0.2) is 4.39 Å². The SMILES string of the molecule is Cc1ccc(CC(=O)O)c(OCc2cc(-c3ccnc(CN)c3F)c3ccn(C(C)C)c3c2)c1. The fourth-order valence-electron chi connectivity index (χ4n) is 4.18. The lowest BCUT2D eigenvalue weighted by molar-refractivity contribution is -0.136. The predicted molar refractivity (Wildman–Crippen MR) is 130 cm³/mol. The van der Waals surface area contributed by atoms with Crippen LogP contribution in [0.4, 0.5) is 4.39 Å². The van der Waals surface area contributed by atoms with E-state index in [2.05, 4.69) is 23.4 Å². The van der Waals surface area contributed by atoms with Crippen LogP contribution in [0.1, 0.15) is 42.3 Å². The maximum Gasteiger partial charge on any atom is 0.307 e. The molecular weight excluding hydrogens is 433 g/mol. The van der Waals surface area contributed by atoms with Crippen LogP contribution in [0.5, 0.6) is 5.75 Å². The number of nitrogens with zero attached hydrogens (tertiary/aromatic N) is 2. The number of hydrogen-bond acceptors (Lipinski definition) is 4. The van der Waals surface area contributed by atoms with Crippen molar-refractivity contribution >= 4 is 16.9 Å². The summed E-state index contributed by atoms with van der Waals surface area (Å²) in [4.78, 5) is 15.3. The van der Waals surface area contributed by atoms with Gasteiger partial charge in [-0.05, 0) is 67.8 Å². The van der Waals surface area contributed by atoms with Crippen molar-refractivity contribution in [3.05, 3.63) is 83.1 Å². The van der Waals surface area contributed by atoms with E-state index >= 15 is 4.39 Å². The fourth-order valence-corrected chi connectivity index (χ4v) is 4.18. The average Bonchev–Trinajstić information content (AvgIpc) is 3.23. The largest absolute Gasteiger partial charge is 0.489 e. The molecule has 0 spiro atoms. The van der Waals surface area contributed by atoms with Crippen molar-refractivity contribution in [2.24, 2.45) is 5.73 Å². The summed E-state index contributed by atoms with van der Waals surface area (Å²) in [6, 6.07) is 13.3. The Kier molecular flexibility index (Phi) is 6.65. The molecule has 0 saturated heterocycles. The highest BCUT2D eigenvalue weighted by Gasteiger charge is 2.17. The van der Waals surface area contributed by atoms with Crippen molar-refractivity contribution in [1.82, 2.24) is 9.55 Å². The summed E-state index contributed by atoms with van der Waals surface area (Å²) in [5, 5.41) is 10.2. The number of pyridine rings is 1. The summed E-state index contributed by atoms with van der Waals surface area (Å²) in [5.41, 5.74) is 10.5. The third kappa shape index (κ3) is 4.65. The van der Waals surface area contributed by atoms with Crippen LogP contribution in [0.2, 0.25) is 0 Å². The zero-order chi connectivity index (χ0) is 24.4. The molecule has 3 N–H and O–H groups in total. The predicted octanol–water partition coefficient (Wildman–Crippen LogP) is 5.40. The molecule has 0 fully saturated rings. The standard InChI is InChI=1S/C27H28FN3O3/c1-16(2)31-9-7-20-22(21-6-8-30-23(14-29)27(21)28)11-18(12-24(20)31)15-34-25-10-17(3)4-5-19(25)13-26(32)33/h4-12,16H,13-15,29H2,1-3H3,(H,32,33). The Hall–Kier alpha value is -3.71. The van der Waals surface area contributed by atoms with Gasteiger partial charge in [0, 0.05) is 47.0 Å². The van der Waals surface area contributed by atoms with Gasteiger partial charge in [-0.2, -0.15) is 0 Å². The lowest BCUT2D eigenvalue weighted by Gasteiger charge is -2.16. The summed E-state index contributed by atoms with van der Waals surface area (Å²) in [7, 11) is 0. The Bertz CT molecular complexity index is 1360. The Morgan fingerprint density at radius 1 is 1.18 bits per heavy atom. The van der Waals surface area contributed by atoms with Gasteiger partial charge in [-0.3, -0.25) is 9.78 Å². The average molecular weight is 462 g/mol. The maximum atomic E-state index is 15.2. The molecule has 0 bridgehead atoms. The second-order valence-corrected chi connectivity index (χ2v) is 8.69. The number of ether oxygens (including phenoxy) is 1. The molecule has 6 nitrogen and oxygen atoms in total. The summed E-state index contributed by atoms with van der Waals surface area (Å²) >= 11 is 0. The van der Waals surface area contributed by atoms with E-state index in [9.17, 15) is 9.90 Å². The molecule has 0 aliphatic heterocycles. The van der Waals surface area contributed by atoms with Gasteiger partial charge in [-0.15, -0.1) is 0 Å². The number of rotatable bonds is 8. The molecule has 2 aromatic heterocycles. The number of hydrogen-bond donors (Lipinski definition) is 2. The van der Waals surface area contributed by atoms with E-state index in [1.54, 1.807) is 18.3 Å². The third-order valence-corrected chi connectivity index (χ3v) is 5.86. The van der Waals surface area contributed by atoms with Crippen LogP contribution in [-0.2, 0) is 24.4 Å². The number of carboxylic acid groups (broad SMARTS) is 1. The number of fused-ring (bicyclic) bond motifs is 1. The zero-order valence-corrected chi connectivity index (χ0v) is 19.5. The lowest BCUT2D eigenvalue weighted by Crippen LogP contribution is -2.06. The number of aromatic nitrogens is 2. The highest BCUT2D eigenvalue weighted by molar-refractivity contribution is 5.96. The maximum absolute atomic E-state index is 15.2. The summed E-state index contributed by atoms with van der Waals surface area (Å²) in [5.74, 6) is -0.816. The minimum absolute atomic E-state index is 0.0122. The van der Waals surface area contributed by atoms with Crippen molar-refractivity contribution < 1.29 is 19.0 Å². The van der Waals surface area contributed by atoms with E-state index in [0.717, 1.165) is 27.6 Å². The molecule has 0 aliphatic rings. The quantitative estimate of drug-likeness (QED) is 0.367. The van der Waals surface area contributed by atoms with Gasteiger partial charge in [0.15, 0.2) is 5.82 Å². The third-order valence-electron chi connectivity index (χ3n) is 5.86. The van der Waals surface area contributed by atoms with Crippen LogP contribution in [-0.4, -0.2) is 20.6 Å². The fraction of sp³-hybridized carbons (Fsp3) is 0.259. The summed E-state index contributed by atoms with van der Waals surface area (Å²) < 4.78 is 23.4.